The SMILES string of the molecule is Fc1ccc([C@@H]2CCN(Cc3ccccc3)C[C@H]2COc2ccc3c(c2)OCO3)cc1. The number of ether oxygens (including phenoxy) is 3. The number of fused-ring (bicyclic) bond motifs is 1. The monoisotopic (exact) mass is 419 g/mol. The number of hydrogen-bond acceptors (Lipinski definition) is 4. The Morgan fingerprint density at radius 3 is 2.58 bits per heavy atom. The van der Waals surface area contributed by atoms with Crippen LogP contribution in [0.4, 0.5) is 4.39 Å². The molecule has 0 aromatic heterocycles. The lowest BCUT2D eigenvalue weighted by molar-refractivity contribution is 0.106. The van der Waals surface area contributed by atoms with E-state index < -0.39 is 0 Å². The van der Waals surface area contributed by atoms with Crippen LogP contribution in [-0.4, -0.2) is 31.4 Å². The summed E-state index contributed by atoms with van der Waals surface area (Å²) in [5.41, 5.74) is 2.50. The molecule has 0 bridgehead atoms. The Bertz CT molecular complexity index is 1010. The van der Waals surface area contributed by atoms with E-state index in [-0.39, 0.29) is 12.6 Å². The summed E-state index contributed by atoms with van der Waals surface area (Å²) in [5, 5.41) is 0. The summed E-state index contributed by atoms with van der Waals surface area (Å²) >= 11 is 0. The lowest BCUT2D eigenvalue weighted by atomic mass is 9.80. The van der Waals surface area contributed by atoms with E-state index in [1.54, 1.807) is 12.1 Å². The van der Waals surface area contributed by atoms with Crippen molar-refractivity contribution >= 4 is 0 Å². The average Bonchev–Trinajstić information content (AvgIpc) is 3.27. The molecular formula is C26H26FNO3. The van der Waals surface area contributed by atoms with Crippen LogP contribution >= 0.6 is 0 Å². The lowest BCUT2D eigenvalue weighted by Gasteiger charge is -2.39. The van der Waals surface area contributed by atoms with Crippen LogP contribution in [0.15, 0.2) is 72.8 Å². The molecule has 0 amide bonds. The van der Waals surface area contributed by atoms with Gasteiger partial charge in [0.1, 0.15) is 11.6 Å². The van der Waals surface area contributed by atoms with Crippen molar-refractivity contribution in [3.05, 3.63) is 89.7 Å². The molecule has 2 atom stereocenters. The van der Waals surface area contributed by atoms with Crippen molar-refractivity contribution in [2.45, 2.75) is 18.9 Å². The third-order valence-electron chi connectivity index (χ3n) is 6.17. The van der Waals surface area contributed by atoms with Gasteiger partial charge in [0.25, 0.3) is 0 Å². The fraction of sp³-hybridized carbons (Fsp3) is 0.308. The summed E-state index contributed by atoms with van der Waals surface area (Å²) < 4.78 is 30.5. The molecule has 1 saturated heterocycles. The lowest BCUT2D eigenvalue weighted by Crippen LogP contribution is -2.41. The van der Waals surface area contributed by atoms with Gasteiger partial charge in [-0.2, -0.15) is 0 Å². The van der Waals surface area contributed by atoms with Crippen LogP contribution < -0.4 is 14.2 Å². The standard InChI is InChI=1S/C26H26FNO3/c27-22-8-6-20(7-9-22)24-12-13-28(15-19-4-2-1-3-5-19)16-21(24)17-29-23-10-11-25-26(14-23)31-18-30-25/h1-11,14,21,24H,12-13,15-18H2/t21-,24-/m0/s1. The number of rotatable bonds is 6. The van der Waals surface area contributed by atoms with Gasteiger partial charge in [0.2, 0.25) is 6.79 Å². The zero-order valence-corrected chi connectivity index (χ0v) is 17.4. The van der Waals surface area contributed by atoms with Gasteiger partial charge in [-0.3, -0.25) is 4.90 Å². The van der Waals surface area contributed by atoms with Crippen molar-refractivity contribution in [3.63, 3.8) is 0 Å². The minimum absolute atomic E-state index is 0.196. The zero-order valence-electron chi connectivity index (χ0n) is 17.4. The molecule has 0 N–H and O–H groups in total. The summed E-state index contributed by atoms with van der Waals surface area (Å²) in [6.07, 6.45) is 1.02. The quantitative estimate of drug-likeness (QED) is 0.547. The van der Waals surface area contributed by atoms with E-state index in [4.69, 9.17) is 14.2 Å². The highest BCUT2D eigenvalue weighted by Crippen LogP contribution is 2.37. The number of benzene rings is 3. The molecule has 5 rings (SSSR count). The van der Waals surface area contributed by atoms with Gasteiger partial charge in [0.15, 0.2) is 11.5 Å². The molecule has 2 heterocycles. The van der Waals surface area contributed by atoms with Crippen molar-refractivity contribution in [1.82, 2.24) is 4.90 Å². The summed E-state index contributed by atoms with van der Waals surface area (Å²) in [6, 6.07) is 23.2. The van der Waals surface area contributed by atoms with Crippen LogP contribution in [0.25, 0.3) is 0 Å². The molecular weight excluding hydrogens is 393 g/mol. The summed E-state index contributed by atoms with van der Waals surface area (Å²) in [4.78, 5) is 2.49. The molecule has 3 aromatic carbocycles. The van der Waals surface area contributed by atoms with E-state index in [1.807, 2.05) is 36.4 Å². The molecule has 5 heteroatoms. The maximum Gasteiger partial charge on any atom is 0.231 e. The van der Waals surface area contributed by atoms with Gasteiger partial charge in [-0.25, -0.2) is 4.39 Å². The predicted molar refractivity (Wildman–Crippen MR) is 117 cm³/mol. The number of halogens is 1. The first-order valence-corrected chi connectivity index (χ1v) is 10.8. The van der Waals surface area contributed by atoms with Crippen LogP contribution in [0, 0.1) is 11.7 Å². The zero-order chi connectivity index (χ0) is 21.0. The number of likely N-dealkylation sites (tertiary alicyclic amines) is 1. The molecule has 0 aliphatic carbocycles. The molecule has 0 radical (unpaired) electrons. The minimum atomic E-state index is -0.196. The number of hydrogen-bond donors (Lipinski definition) is 0. The van der Waals surface area contributed by atoms with Crippen molar-refractivity contribution in [3.8, 4) is 17.2 Å². The van der Waals surface area contributed by atoms with Crippen molar-refractivity contribution in [1.29, 1.82) is 0 Å². The first-order valence-electron chi connectivity index (χ1n) is 10.8. The fourth-order valence-corrected chi connectivity index (χ4v) is 4.58. The van der Waals surface area contributed by atoms with Gasteiger partial charge in [-0.1, -0.05) is 42.5 Å². The van der Waals surface area contributed by atoms with Crippen LogP contribution in [0.3, 0.4) is 0 Å². The number of piperidine rings is 1. The molecule has 0 unspecified atom stereocenters. The van der Waals surface area contributed by atoms with E-state index in [2.05, 4.69) is 29.2 Å². The normalized spacial score (nSPS) is 20.5. The second kappa shape index (κ2) is 8.98. The van der Waals surface area contributed by atoms with Gasteiger partial charge in [0, 0.05) is 25.1 Å². The van der Waals surface area contributed by atoms with Crippen molar-refractivity contribution in [2.75, 3.05) is 26.5 Å². The predicted octanol–water partition coefficient (Wildman–Crippen LogP) is 5.24. The number of nitrogens with zero attached hydrogens (tertiary/aromatic N) is 1. The van der Waals surface area contributed by atoms with Gasteiger partial charge < -0.3 is 14.2 Å². The van der Waals surface area contributed by atoms with E-state index in [0.717, 1.165) is 43.3 Å². The maximum atomic E-state index is 13.5. The average molecular weight is 419 g/mol. The van der Waals surface area contributed by atoms with E-state index in [9.17, 15) is 4.39 Å². The molecule has 1 fully saturated rings. The van der Waals surface area contributed by atoms with Crippen LogP contribution in [0.2, 0.25) is 0 Å². The van der Waals surface area contributed by atoms with Crippen LogP contribution in [-0.2, 0) is 6.54 Å². The van der Waals surface area contributed by atoms with Gasteiger partial charge >= 0.3 is 0 Å². The highest BCUT2D eigenvalue weighted by Gasteiger charge is 2.31. The molecule has 31 heavy (non-hydrogen) atoms. The second-order valence-electron chi connectivity index (χ2n) is 8.25. The van der Waals surface area contributed by atoms with Crippen molar-refractivity contribution < 1.29 is 18.6 Å². The Hall–Kier alpha value is -3.05. The molecule has 0 saturated carbocycles. The van der Waals surface area contributed by atoms with Gasteiger partial charge in [0.05, 0.1) is 6.61 Å². The molecule has 0 spiro atoms. The minimum Gasteiger partial charge on any atom is -0.493 e. The molecule has 3 aromatic rings. The van der Waals surface area contributed by atoms with Crippen LogP contribution in [0.1, 0.15) is 23.5 Å². The smallest absolute Gasteiger partial charge is 0.231 e. The Labute approximate surface area is 182 Å². The Balaban J connectivity index is 1.31. The summed E-state index contributed by atoms with van der Waals surface area (Å²) in [6.45, 7) is 3.71. The Morgan fingerprint density at radius 2 is 1.74 bits per heavy atom. The summed E-state index contributed by atoms with van der Waals surface area (Å²) in [5.74, 6) is 2.70. The van der Waals surface area contributed by atoms with E-state index >= 15 is 0 Å². The summed E-state index contributed by atoms with van der Waals surface area (Å²) in [7, 11) is 0. The molecule has 2 aliphatic heterocycles. The third-order valence-corrected chi connectivity index (χ3v) is 6.17. The first kappa shape index (κ1) is 19.9. The van der Waals surface area contributed by atoms with Gasteiger partial charge in [-0.15, -0.1) is 0 Å². The first-order chi connectivity index (χ1) is 15.2. The Morgan fingerprint density at radius 1 is 0.935 bits per heavy atom. The largest absolute Gasteiger partial charge is 0.493 e. The topological polar surface area (TPSA) is 30.9 Å². The van der Waals surface area contributed by atoms with Gasteiger partial charge in [-0.05, 0) is 54.3 Å². The van der Waals surface area contributed by atoms with E-state index in [1.165, 1.54) is 11.1 Å². The maximum absolute atomic E-state index is 13.5. The van der Waals surface area contributed by atoms with E-state index in [0.29, 0.717) is 18.4 Å². The Kier molecular flexibility index (Phi) is 5.76. The molecule has 4 nitrogen and oxygen atoms in total. The third kappa shape index (κ3) is 4.67. The highest BCUT2D eigenvalue weighted by molar-refractivity contribution is 5.46. The van der Waals surface area contributed by atoms with Crippen molar-refractivity contribution in [2.24, 2.45) is 5.92 Å². The highest BCUT2D eigenvalue weighted by atomic mass is 19.1. The van der Waals surface area contributed by atoms with Crippen LogP contribution in [0.5, 0.6) is 17.2 Å². The molecule has 2 aliphatic rings. The fourth-order valence-electron chi connectivity index (χ4n) is 4.58. The molecule has 160 valence electrons. The second-order valence-corrected chi connectivity index (χ2v) is 8.25.